The molecule has 0 fully saturated rings. The third-order valence-corrected chi connectivity index (χ3v) is 4.46. The van der Waals surface area contributed by atoms with Crippen LogP contribution < -0.4 is 0 Å². The molecular formula is C20H18O. The lowest BCUT2D eigenvalue weighted by molar-refractivity contribution is 0.212. The van der Waals surface area contributed by atoms with Crippen molar-refractivity contribution in [2.45, 2.75) is 25.4 Å². The number of aryl methyl sites for hydroxylation is 1. The van der Waals surface area contributed by atoms with Gasteiger partial charge in [-0.15, -0.1) is 0 Å². The van der Waals surface area contributed by atoms with Gasteiger partial charge in [-0.2, -0.15) is 0 Å². The van der Waals surface area contributed by atoms with Gasteiger partial charge in [-0.05, 0) is 36.5 Å². The summed E-state index contributed by atoms with van der Waals surface area (Å²) in [5.74, 6) is 1.06. The molecule has 2 aromatic carbocycles. The molecule has 1 heterocycles. The van der Waals surface area contributed by atoms with Gasteiger partial charge < -0.3 is 4.74 Å². The summed E-state index contributed by atoms with van der Waals surface area (Å²) in [7, 11) is 0. The first-order chi connectivity index (χ1) is 10.4. The van der Waals surface area contributed by atoms with E-state index in [1.165, 1.54) is 34.2 Å². The van der Waals surface area contributed by atoms with Crippen LogP contribution in [0.5, 0.6) is 0 Å². The van der Waals surface area contributed by atoms with E-state index in [0.717, 1.165) is 18.6 Å². The Labute approximate surface area is 125 Å². The lowest BCUT2D eigenvalue weighted by Gasteiger charge is -2.29. The van der Waals surface area contributed by atoms with Crippen molar-refractivity contribution in [1.29, 1.82) is 0 Å². The van der Waals surface area contributed by atoms with Crippen LogP contribution in [0.4, 0.5) is 0 Å². The minimum Gasteiger partial charge on any atom is -0.481 e. The van der Waals surface area contributed by atoms with Gasteiger partial charge in [-0.1, -0.05) is 55.1 Å². The monoisotopic (exact) mass is 274 g/mol. The van der Waals surface area contributed by atoms with Crippen LogP contribution in [0.2, 0.25) is 0 Å². The summed E-state index contributed by atoms with van der Waals surface area (Å²) >= 11 is 0. The van der Waals surface area contributed by atoms with Crippen molar-refractivity contribution in [2.75, 3.05) is 0 Å². The molecule has 21 heavy (non-hydrogen) atoms. The Hall–Kier alpha value is -2.28. The van der Waals surface area contributed by atoms with E-state index in [4.69, 9.17) is 4.74 Å². The molecule has 1 atom stereocenters. The van der Waals surface area contributed by atoms with E-state index < -0.39 is 0 Å². The number of hydrogen-bond donors (Lipinski definition) is 0. The van der Waals surface area contributed by atoms with Crippen LogP contribution in [0, 0.1) is 0 Å². The van der Waals surface area contributed by atoms with Crippen molar-refractivity contribution in [1.82, 2.24) is 0 Å². The average molecular weight is 274 g/mol. The van der Waals surface area contributed by atoms with Gasteiger partial charge in [0.05, 0.1) is 0 Å². The summed E-state index contributed by atoms with van der Waals surface area (Å²) in [6.07, 6.45) is 5.21. The average Bonchev–Trinajstić information content (AvgIpc) is 2.73. The summed E-state index contributed by atoms with van der Waals surface area (Å²) in [4.78, 5) is 0. The molecule has 0 saturated carbocycles. The minimum absolute atomic E-state index is 0.0499. The summed E-state index contributed by atoms with van der Waals surface area (Å²) in [6.45, 7) is 3.95. The summed E-state index contributed by atoms with van der Waals surface area (Å²) in [5, 5.41) is 0. The first-order valence-corrected chi connectivity index (χ1v) is 7.58. The molecule has 2 aliphatic rings. The largest absolute Gasteiger partial charge is 0.481 e. The first kappa shape index (κ1) is 12.5. The Morgan fingerprint density at radius 3 is 2.57 bits per heavy atom. The molecule has 104 valence electrons. The molecule has 1 aliphatic heterocycles. The van der Waals surface area contributed by atoms with Gasteiger partial charge in [0.2, 0.25) is 0 Å². The molecule has 1 nitrogen and oxygen atoms in total. The molecular weight excluding hydrogens is 256 g/mol. The molecule has 0 radical (unpaired) electrons. The number of benzene rings is 2. The molecule has 1 unspecified atom stereocenters. The van der Waals surface area contributed by atoms with Gasteiger partial charge in [0.15, 0.2) is 0 Å². The highest BCUT2D eigenvalue weighted by atomic mass is 16.5. The molecule has 0 bridgehead atoms. The standard InChI is InChI=1S/C20H18O/c1-2-19-17-12-6-5-11-16(17)18-13-7-9-14-8-3-4-10-15(14)20(18)21-19/h2-6,8,10-12,19H,1,7,9,13H2. The first-order valence-electron chi connectivity index (χ1n) is 7.58. The van der Waals surface area contributed by atoms with Crippen LogP contribution in [0.15, 0.2) is 61.2 Å². The maximum absolute atomic E-state index is 6.33. The van der Waals surface area contributed by atoms with E-state index in [9.17, 15) is 0 Å². The fourth-order valence-corrected chi connectivity index (χ4v) is 3.47. The van der Waals surface area contributed by atoms with E-state index in [2.05, 4.69) is 55.1 Å². The Balaban J connectivity index is 1.98. The van der Waals surface area contributed by atoms with Crippen molar-refractivity contribution in [3.05, 3.63) is 83.4 Å². The molecule has 0 N–H and O–H groups in total. The molecule has 4 rings (SSSR count). The lowest BCUT2D eigenvalue weighted by Crippen LogP contribution is -2.11. The van der Waals surface area contributed by atoms with E-state index in [1.807, 2.05) is 6.08 Å². The fraction of sp³-hybridized carbons (Fsp3) is 0.200. The van der Waals surface area contributed by atoms with Gasteiger partial charge in [-0.25, -0.2) is 0 Å². The zero-order valence-electron chi connectivity index (χ0n) is 12.0. The zero-order valence-corrected chi connectivity index (χ0v) is 12.0. The second-order valence-corrected chi connectivity index (χ2v) is 5.68. The third kappa shape index (κ3) is 1.92. The topological polar surface area (TPSA) is 9.23 Å². The van der Waals surface area contributed by atoms with Gasteiger partial charge in [-0.3, -0.25) is 0 Å². The van der Waals surface area contributed by atoms with Crippen molar-refractivity contribution in [3.63, 3.8) is 0 Å². The van der Waals surface area contributed by atoms with Crippen LogP contribution in [0.1, 0.15) is 41.2 Å². The summed E-state index contributed by atoms with van der Waals surface area (Å²) in [6, 6.07) is 17.2. The minimum atomic E-state index is -0.0499. The quantitative estimate of drug-likeness (QED) is 0.653. The second kappa shape index (κ2) is 4.92. The van der Waals surface area contributed by atoms with Crippen molar-refractivity contribution in [2.24, 2.45) is 0 Å². The third-order valence-electron chi connectivity index (χ3n) is 4.46. The number of rotatable bonds is 1. The highest BCUT2D eigenvalue weighted by Gasteiger charge is 2.29. The van der Waals surface area contributed by atoms with E-state index >= 15 is 0 Å². The van der Waals surface area contributed by atoms with Crippen molar-refractivity contribution in [3.8, 4) is 0 Å². The predicted molar refractivity (Wildman–Crippen MR) is 86.7 cm³/mol. The zero-order chi connectivity index (χ0) is 14.2. The highest BCUT2D eigenvalue weighted by Crippen LogP contribution is 2.45. The van der Waals surface area contributed by atoms with Gasteiger partial charge in [0.25, 0.3) is 0 Å². The van der Waals surface area contributed by atoms with E-state index in [1.54, 1.807) is 0 Å². The van der Waals surface area contributed by atoms with Crippen LogP contribution in [-0.4, -0.2) is 0 Å². The van der Waals surface area contributed by atoms with Crippen LogP contribution in [0.25, 0.3) is 11.3 Å². The molecule has 0 amide bonds. The smallest absolute Gasteiger partial charge is 0.142 e. The normalized spacial score (nSPS) is 19.7. The molecule has 2 aromatic rings. The van der Waals surface area contributed by atoms with Gasteiger partial charge >= 0.3 is 0 Å². The Kier molecular flexibility index (Phi) is 2.92. The number of allylic oxidation sites excluding steroid dienone is 1. The molecule has 0 spiro atoms. The van der Waals surface area contributed by atoms with Crippen LogP contribution in [0.3, 0.4) is 0 Å². The van der Waals surface area contributed by atoms with Crippen molar-refractivity contribution < 1.29 is 4.74 Å². The van der Waals surface area contributed by atoms with E-state index in [0.29, 0.717) is 0 Å². The number of ether oxygens (including phenoxy) is 1. The van der Waals surface area contributed by atoms with Crippen LogP contribution in [-0.2, 0) is 11.2 Å². The molecule has 1 heteroatoms. The van der Waals surface area contributed by atoms with Gasteiger partial charge in [0, 0.05) is 16.7 Å². The lowest BCUT2D eigenvalue weighted by atomic mass is 9.89. The summed E-state index contributed by atoms with van der Waals surface area (Å²) < 4.78 is 6.33. The van der Waals surface area contributed by atoms with Crippen LogP contribution >= 0.6 is 0 Å². The Bertz CT molecular complexity index is 739. The maximum Gasteiger partial charge on any atom is 0.142 e. The van der Waals surface area contributed by atoms with E-state index in [-0.39, 0.29) is 6.10 Å². The molecule has 0 aromatic heterocycles. The number of fused-ring (bicyclic) bond motifs is 4. The highest BCUT2D eigenvalue weighted by molar-refractivity contribution is 5.91. The predicted octanol–water partition coefficient (Wildman–Crippen LogP) is 5.15. The maximum atomic E-state index is 6.33. The molecule has 0 saturated heterocycles. The Morgan fingerprint density at radius 1 is 0.952 bits per heavy atom. The van der Waals surface area contributed by atoms with Crippen molar-refractivity contribution >= 4 is 11.3 Å². The second-order valence-electron chi connectivity index (χ2n) is 5.68. The SMILES string of the molecule is C=CC1OC2=C(CCCc3ccccc32)c2ccccc21. The summed E-state index contributed by atoms with van der Waals surface area (Å²) in [5.41, 5.74) is 6.58. The molecule has 1 aliphatic carbocycles. The van der Waals surface area contributed by atoms with Gasteiger partial charge in [0.1, 0.15) is 11.9 Å². The Morgan fingerprint density at radius 2 is 1.71 bits per heavy atom. The fourth-order valence-electron chi connectivity index (χ4n) is 3.47. The number of hydrogen-bond acceptors (Lipinski definition) is 1.